The molecule has 0 fully saturated rings. The van der Waals surface area contributed by atoms with Crippen molar-refractivity contribution in [3.63, 3.8) is 0 Å². The maximum atomic E-state index is 11.3. The molecule has 4 heteroatoms. The second-order valence-electron chi connectivity index (χ2n) is 2.76. The van der Waals surface area contributed by atoms with E-state index >= 15 is 0 Å². The predicted molar refractivity (Wildman–Crippen MR) is 48.0 cm³/mol. The molecule has 0 spiro atoms. The molecule has 0 radical (unpaired) electrons. The van der Waals surface area contributed by atoms with E-state index in [1.54, 1.807) is 6.21 Å². The van der Waals surface area contributed by atoms with Gasteiger partial charge in [0.05, 0.1) is 6.04 Å². The van der Waals surface area contributed by atoms with Crippen LogP contribution in [0, 0.1) is 0 Å². The van der Waals surface area contributed by atoms with Crippen LogP contribution in [0.1, 0.15) is 20.3 Å². The Morgan fingerprint density at radius 3 is 2.83 bits per heavy atom. The van der Waals surface area contributed by atoms with Gasteiger partial charge in [0.25, 0.3) is 5.91 Å². The molecule has 68 valence electrons. The van der Waals surface area contributed by atoms with Crippen LogP contribution in [0.4, 0.5) is 0 Å². The van der Waals surface area contributed by atoms with Crippen molar-refractivity contribution in [1.82, 2.24) is 10.3 Å². The molecular weight excluding hydrogens is 154 g/mol. The average Bonchev–Trinajstić information content (AvgIpc) is 2.10. The summed E-state index contributed by atoms with van der Waals surface area (Å²) in [4.78, 5) is 13.4. The Kier molecular flexibility index (Phi) is 3.22. The van der Waals surface area contributed by atoms with E-state index in [1.807, 2.05) is 0 Å². The van der Waals surface area contributed by atoms with E-state index in [0.29, 0.717) is 0 Å². The van der Waals surface area contributed by atoms with Gasteiger partial charge in [-0.15, -0.1) is 0 Å². The SMILES string of the molecule is CCN(CC)C1CC=NNC1=O. The van der Waals surface area contributed by atoms with Crippen LogP contribution in [-0.4, -0.2) is 36.2 Å². The Balaban J connectivity index is 2.59. The maximum absolute atomic E-state index is 11.3. The summed E-state index contributed by atoms with van der Waals surface area (Å²) in [6.07, 6.45) is 2.48. The Bertz CT molecular complexity index is 187. The number of amides is 1. The number of hydrogen-bond acceptors (Lipinski definition) is 3. The monoisotopic (exact) mass is 169 g/mol. The number of rotatable bonds is 3. The summed E-state index contributed by atoms with van der Waals surface area (Å²) in [5, 5.41) is 3.71. The second-order valence-corrected chi connectivity index (χ2v) is 2.76. The molecule has 0 saturated heterocycles. The van der Waals surface area contributed by atoms with Crippen LogP contribution in [0.25, 0.3) is 0 Å². The normalized spacial score (nSPS) is 22.9. The van der Waals surface area contributed by atoms with Crippen molar-refractivity contribution in [2.24, 2.45) is 5.10 Å². The summed E-state index contributed by atoms with van der Waals surface area (Å²) in [5.41, 5.74) is 2.47. The number of likely N-dealkylation sites (N-methyl/N-ethyl adjacent to an activating group) is 1. The second kappa shape index (κ2) is 4.21. The minimum atomic E-state index is -0.0162. The van der Waals surface area contributed by atoms with E-state index in [4.69, 9.17) is 0 Å². The highest BCUT2D eigenvalue weighted by Gasteiger charge is 2.24. The summed E-state index contributed by atoms with van der Waals surface area (Å²) in [6.45, 7) is 5.93. The molecule has 1 aliphatic rings. The van der Waals surface area contributed by atoms with E-state index in [9.17, 15) is 4.79 Å². The molecule has 12 heavy (non-hydrogen) atoms. The topological polar surface area (TPSA) is 44.7 Å². The zero-order valence-electron chi connectivity index (χ0n) is 7.58. The first kappa shape index (κ1) is 9.19. The zero-order valence-corrected chi connectivity index (χ0v) is 7.58. The van der Waals surface area contributed by atoms with Gasteiger partial charge in [-0.05, 0) is 13.1 Å². The molecule has 1 aliphatic heterocycles. The average molecular weight is 169 g/mol. The van der Waals surface area contributed by atoms with Crippen molar-refractivity contribution < 1.29 is 4.79 Å². The highest BCUT2D eigenvalue weighted by Crippen LogP contribution is 2.05. The van der Waals surface area contributed by atoms with E-state index in [2.05, 4.69) is 29.3 Å². The van der Waals surface area contributed by atoms with Crippen molar-refractivity contribution in [3.8, 4) is 0 Å². The number of carbonyl (C=O) groups excluding carboxylic acids is 1. The molecule has 1 unspecified atom stereocenters. The van der Waals surface area contributed by atoms with Crippen LogP contribution in [0.5, 0.6) is 0 Å². The van der Waals surface area contributed by atoms with Crippen LogP contribution in [0.2, 0.25) is 0 Å². The van der Waals surface area contributed by atoms with E-state index in [-0.39, 0.29) is 11.9 Å². The summed E-state index contributed by atoms with van der Waals surface area (Å²) >= 11 is 0. The fourth-order valence-corrected chi connectivity index (χ4v) is 1.42. The van der Waals surface area contributed by atoms with Gasteiger partial charge in [0, 0.05) is 12.6 Å². The van der Waals surface area contributed by atoms with E-state index in [0.717, 1.165) is 19.5 Å². The van der Waals surface area contributed by atoms with Gasteiger partial charge in [-0.1, -0.05) is 13.8 Å². The Hall–Kier alpha value is -0.900. The minimum absolute atomic E-state index is 0.0150. The highest BCUT2D eigenvalue weighted by atomic mass is 16.2. The molecule has 0 bridgehead atoms. The van der Waals surface area contributed by atoms with Crippen LogP contribution in [0.15, 0.2) is 5.10 Å². The van der Waals surface area contributed by atoms with Gasteiger partial charge >= 0.3 is 0 Å². The van der Waals surface area contributed by atoms with Gasteiger partial charge in [0.15, 0.2) is 0 Å². The first-order valence-corrected chi connectivity index (χ1v) is 4.35. The van der Waals surface area contributed by atoms with Gasteiger partial charge in [0.2, 0.25) is 0 Å². The number of carbonyl (C=O) groups is 1. The molecule has 0 aromatic heterocycles. The van der Waals surface area contributed by atoms with E-state index < -0.39 is 0 Å². The number of hydrazone groups is 1. The van der Waals surface area contributed by atoms with Gasteiger partial charge in [0.1, 0.15) is 0 Å². The van der Waals surface area contributed by atoms with Crippen LogP contribution >= 0.6 is 0 Å². The van der Waals surface area contributed by atoms with Crippen LogP contribution < -0.4 is 5.43 Å². The number of nitrogens with zero attached hydrogens (tertiary/aromatic N) is 2. The third-order valence-electron chi connectivity index (χ3n) is 2.15. The standard InChI is InChI=1S/C8H15N3O/c1-3-11(4-2)7-5-6-9-10-8(7)12/h6-7H,3-5H2,1-2H3,(H,10,12). The summed E-state index contributed by atoms with van der Waals surface area (Å²) in [6, 6.07) is -0.0162. The molecule has 0 aromatic rings. The lowest BCUT2D eigenvalue weighted by Crippen LogP contribution is -2.47. The molecule has 1 N–H and O–H groups in total. The van der Waals surface area contributed by atoms with Gasteiger partial charge in [-0.3, -0.25) is 9.69 Å². The Morgan fingerprint density at radius 2 is 2.33 bits per heavy atom. The fourth-order valence-electron chi connectivity index (χ4n) is 1.42. The van der Waals surface area contributed by atoms with Gasteiger partial charge < -0.3 is 0 Å². The molecule has 0 aliphatic carbocycles. The quantitative estimate of drug-likeness (QED) is 0.656. The van der Waals surface area contributed by atoms with Crippen molar-refractivity contribution in [3.05, 3.63) is 0 Å². The highest BCUT2D eigenvalue weighted by molar-refractivity contribution is 5.87. The lowest BCUT2D eigenvalue weighted by atomic mass is 10.1. The first-order valence-electron chi connectivity index (χ1n) is 4.35. The fraction of sp³-hybridized carbons (Fsp3) is 0.750. The van der Waals surface area contributed by atoms with Crippen molar-refractivity contribution in [2.45, 2.75) is 26.3 Å². The van der Waals surface area contributed by atoms with Crippen molar-refractivity contribution in [2.75, 3.05) is 13.1 Å². The minimum Gasteiger partial charge on any atom is -0.292 e. The summed E-state index contributed by atoms with van der Waals surface area (Å²) in [7, 11) is 0. The Morgan fingerprint density at radius 1 is 1.67 bits per heavy atom. The summed E-state index contributed by atoms with van der Waals surface area (Å²) < 4.78 is 0. The van der Waals surface area contributed by atoms with Crippen molar-refractivity contribution in [1.29, 1.82) is 0 Å². The number of nitrogens with one attached hydrogen (secondary N) is 1. The lowest BCUT2D eigenvalue weighted by Gasteiger charge is -2.28. The van der Waals surface area contributed by atoms with Crippen molar-refractivity contribution >= 4 is 12.1 Å². The largest absolute Gasteiger partial charge is 0.292 e. The van der Waals surface area contributed by atoms with Crippen LogP contribution in [-0.2, 0) is 4.79 Å². The van der Waals surface area contributed by atoms with Gasteiger partial charge in [-0.25, -0.2) is 5.43 Å². The molecule has 0 aromatic carbocycles. The molecule has 1 rings (SSSR count). The predicted octanol–water partition coefficient (Wildman–Crippen LogP) is 0.202. The van der Waals surface area contributed by atoms with Crippen LogP contribution in [0.3, 0.4) is 0 Å². The third-order valence-corrected chi connectivity index (χ3v) is 2.15. The summed E-state index contributed by atoms with van der Waals surface area (Å²) in [5.74, 6) is 0.0150. The maximum Gasteiger partial charge on any atom is 0.257 e. The smallest absolute Gasteiger partial charge is 0.257 e. The lowest BCUT2D eigenvalue weighted by molar-refractivity contribution is -0.126. The molecule has 0 saturated carbocycles. The molecule has 1 atom stereocenters. The molecule has 1 amide bonds. The van der Waals surface area contributed by atoms with Gasteiger partial charge in [-0.2, -0.15) is 5.10 Å². The molecule has 1 heterocycles. The Labute approximate surface area is 72.6 Å². The molecular formula is C8H15N3O. The van der Waals surface area contributed by atoms with E-state index in [1.165, 1.54) is 0 Å². The molecule has 4 nitrogen and oxygen atoms in total. The number of hydrogen-bond donors (Lipinski definition) is 1. The zero-order chi connectivity index (χ0) is 8.97. The third kappa shape index (κ3) is 1.82. The first-order chi connectivity index (χ1) is 5.79.